The van der Waals surface area contributed by atoms with Crippen molar-refractivity contribution in [3.8, 4) is 0 Å². The van der Waals surface area contributed by atoms with Gasteiger partial charge in [-0.05, 0) is 26.3 Å². The van der Waals surface area contributed by atoms with Crippen LogP contribution in [0.15, 0.2) is 36.4 Å². The van der Waals surface area contributed by atoms with E-state index in [-0.39, 0.29) is 0 Å². The molecule has 0 spiro atoms. The van der Waals surface area contributed by atoms with Gasteiger partial charge in [-0.2, -0.15) is 0 Å². The highest BCUT2D eigenvalue weighted by Crippen LogP contribution is 2.21. The minimum atomic E-state index is -2.32. The van der Waals surface area contributed by atoms with E-state index in [1.165, 1.54) is 11.0 Å². The Balaban J connectivity index is 2.81. The van der Waals surface area contributed by atoms with Gasteiger partial charge in [-0.25, -0.2) is 4.39 Å². The van der Waals surface area contributed by atoms with Crippen LogP contribution in [0.25, 0.3) is 6.08 Å². The standard InChI is InChI=1S/C16H22FNO2/c1-4-18(5-2)15(20)16(3,17)14(19)12-11-13-9-7-6-8-10-13/h6-12,14,19H,4-5H2,1-3H3/b12-11+. The largest absolute Gasteiger partial charge is 0.385 e. The fraction of sp³-hybridized carbons (Fsp3) is 0.438. The Kier molecular flexibility index (Phi) is 5.89. The van der Waals surface area contributed by atoms with Gasteiger partial charge in [0.05, 0.1) is 0 Å². The quantitative estimate of drug-likeness (QED) is 0.869. The fourth-order valence-corrected chi connectivity index (χ4v) is 1.89. The first kappa shape index (κ1) is 16.4. The van der Waals surface area contributed by atoms with Gasteiger partial charge in [0.2, 0.25) is 5.67 Å². The van der Waals surface area contributed by atoms with Crippen LogP contribution < -0.4 is 0 Å². The van der Waals surface area contributed by atoms with Gasteiger partial charge in [0.1, 0.15) is 6.10 Å². The second-order valence-corrected chi connectivity index (χ2v) is 4.77. The number of aliphatic hydroxyl groups is 1. The smallest absolute Gasteiger partial charge is 0.263 e. The Bertz CT molecular complexity index is 453. The van der Waals surface area contributed by atoms with E-state index in [0.717, 1.165) is 12.5 Å². The number of hydrogen-bond acceptors (Lipinski definition) is 2. The molecule has 0 aromatic heterocycles. The summed E-state index contributed by atoms with van der Waals surface area (Å²) >= 11 is 0. The molecule has 0 saturated carbocycles. The fourth-order valence-electron chi connectivity index (χ4n) is 1.89. The van der Waals surface area contributed by atoms with E-state index >= 15 is 0 Å². The Labute approximate surface area is 119 Å². The maximum Gasteiger partial charge on any atom is 0.263 e. The van der Waals surface area contributed by atoms with Crippen LogP contribution in [0.1, 0.15) is 26.3 Å². The van der Waals surface area contributed by atoms with Gasteiger partial charge in [-0.15, -0.1) is 0 Å². The minimum absolute atomic E-state index is 0.421. The van der Waals surface area contributed by atoms with E-state index < -0.39 is 17.7 Å². The van der Waals surface area contributed by atoms with Crippen LogP contribution in [0.5, 0.6) is 0 Å². The zero-order chi connectivity index (χ0) is 15.2. The summed E-state index contributed by atoms with van der Waals surface area (Å²) in [6.45, 7) is 5.52. The molecule has 1 rings (SSSR count). The van der Waals surface area contributed by atoms with Gasteiger partial charge >= 0.3 is 0 Å². The number of alkyl halides is 1. The first-order valence-electron chi connectivity index (χ1n) is 6.83. The van der Waals surface area contributed by atoms with E-state index in [0.29, 0.717) is 13.1 Å². The summed E-state index contributed by atoms with van der Waals surface area (Å²) in [5.74, 6) is -0.687. The lowest BCUT2D eigenvalue weighted by atomic mass is 9.98. The van der Waals surface area contributed by atoms with Gasteiger partial charge in [0.15, 0.2) is 0 Å². The molecular weight excluding hydrogens is 257 g/mol. The number of carbonyl (C=O) groups is 1. The topological polar surface area (TPSA) is 40.5 Å². The molecule has 0 aliphatic rings. The Morgan fingerprint density at radius 1 is 1.35 bits per heavy atom. The molecule has 1 aromatic rings. The average molecular weight is 279 g/mol. The molecule has 0 heterocycles. The lowest BCUT2D eigenvalue weighted by Crippen LogP contribution is -2.50. The third-order valence-corrected chi connectivity index (χ3v) is 3.29. The molecule has 4 heteroatoms. The lowest BCUT2D eigenvalue weighted by molar-refractivity contribution is -0.148. The molecule has 0 aliphatic carbocycles. The molecule has 2 unspecified atom stereocenters. The molecule has 0 bridgehead atoms. The normalized spacial score (nSPS) is 15.8. The zero-order valence-electron chi connectivity index (χ0n) is 12.2. The Morgan fingerprint density at radius 2 is 1.90 bits per heavy atom. The predicted octanol–water partition coefficient (Wildman–Crippen LogP) is 2.66. The van der Waals surface area contributed by atoms with Crippen molar-refractivity contribution >= 4 is 12.0 Å². The van der Waals surface area contributed by atoms with Crippen LogP contribution in [0.4, 0.5) is 4.39 Å². The number of benzene rings is 1. The van der Waals surface area contributed by atoms with Crippen molar-refractivity contribution in [2.45, 2.75) is 32.5 Å². The number of carbonyl (C=O) groups excluding carboxylic acids is 1. The van der Waals surface area contributed by atoms with E-state index in [1.807, 2.05) is 30.3 Å². The van der Waals surface area contributed by atoms with Crippen LogP contribution in [0.3, 0.4) is 0 Å². The Hall–Kier alpha value is -1.68. The number of hydrogen-bond donors (Lipinski definition) is 1. The van der Waals surface area contributed by atoms with Gasteiger partial charge in [-0.3, -0.25) is 4.79 Å². The Morgan fingerprint density at radius 3 is 2.40 bits per heavy atom. The number of amides is 1. The molecule has 0 aliphatic heterocycles. The first-order chi connectivity index (χ1) is 9.43. The van der Waals surface area contributed by atoms with E-state index in [2.05, 4.69) is 0 Å². The summed E-state index contributed by atoms with van der Waals surface area (Å²) in [4.78, 5) is 13.4. The summed E-state index contributed by atoms with van der Waals surface area (Å²) in [6.07, 6.45) is 1.45. The summed E-state index contributed by atoms with van der Waals surface area (Å²) < 4.78 is 14.5. The highest BCUT2D eigenvalue weighted by molar-refractivity contribution is 5.86. The monoisotopic (exact) mass is 279 g/mol. The summed E-state index contributed by atoms with van der Waals surface area (Å²) in [5, 5.41) is 9.94. The lowest BCUT2D eigenvalue weighted by Gasteiger charge is -2.29. The number of rotatable bonds is 6. The van der Waals surface area contributed by atoms with Crippen LogP contribution in [-0.2, 0) is 4.79 Å². The molecule has 110 valence electrons. The van der Waals surface area contributed by atoms with Gasteiger partial charge < -0.3 is 10.0 Å². The van der Waals surface area contributed by atoms with Gasteiger partial charge in [-0.1, -0.05) is 42.5 Å². The van der Waals surface area contributed by atoms with Crippen LogP contribution in [-0.4, -0.2) is 40.8 Å². The molecule has 0 saturated heterocycles. The second kappa shape index (κ2) is 7.20. The van der Waals surface area contributed by atoms with E-state index in [1.54, 1.807) is 19.9 Å². The van der Waals surface area contributed by atoms with Crippen LogP contribution >= 0.6 is 0 Å². The minimum Gasteiger partial charge on any atom is -0.385 e. The SMILES string of the molecule is CCN(CC)C(=O)C(C)(F)C(O)/C=C/c1ccccc1. The third kappa shape index (κ3) is 3.90. The molecule has 3 nitrogen and oxygen atoms in total. The summed E-state index contributed by atoms with van der Waals surface area (Å²) in [7, 11) is 0. The van der Waals surface area contributed by atoms with Crippen LogP contribution in [0, 0.1) is 0 Å². The predicted molar refractivity (Wildman–Crippen MR) is 78.9 cm³/mol. The maximum absolute atomic E-state index is 14.5. The molecule has 1 N–H and O–H groups in total. The van der Waals surface area contributed by atoms with Crippen molar-refractivity contribution in [2.24, 2.45) is 0 Å². The van der Waals surface area contributed by atoms with Crippen molar-refractivity contribution < 1.29 is 14.3 Å². The van der Waals surface area contributed by atoms with Gasteiger partial charge in [0.25, 0.3) is 5.91 Å². The molecule has 2 atom stereocenters. The zero-order valence-corrected chi connectivity index (χ0v) is 12.2. The van der Waals surface area contributed by atoms with Crippen molar-refractivity contribution in [1.82, 2.24) is 4.90 Å². The van der Waals surface area contributed by atoms with Crippen molar-refractivity contribution in [3.63, 3.8) is 0 Å². The molecule has 20 heavy (non-hydrogen) atoms. The number of aliphatic hydroxyl groups excluding tert-OH is 1. The molecular formula is C16H22FNO2. The number of halogens is 1. The summed E-state index contributed by atoms with van der Waals surface area (Å²) in [5.41, 5.74) is -1.48. The van der Waals surface area contributed by atoms with Crippen LogP contribution in [0.2, 0.25) is 0 Å². The van der Waals surface area contributed by atoms with Gasteiger partial charge in [0, 0.05) is 13.1 Å². The first-order valence-corrected chi connectivity index (χ1v) is 6.83. The average Bonchev–Trinajstić information content (AvgIpc) is 2.46. The molecule has 1 amide bonds. The summed E-state index contributed by atoms with van der Waals surface area (Å²) in [6, 6.07) is 9.25. The van der Waals surface area contributed by atoms with E-state index in [4.69, 9.17) is 0 Å². The molecule has 0 radical (unpaired) electrons. The van der Waals surface area contributed by atoms with Crippen molar-refractivity contribution in [2.75, 3.05) is 13.1 Å². The maximum atomic E-state index is 14.5. The molecule has 1 aromatic carbocycles. The highest BCUT2D eigenvalue weighted by atomic mass is 19.1. The highest BCUT2D eigenvalue weighted by Gasteiger charge is 2.41. The van der Waals surface area contributed by atoms with E-state index in [9.17, 15) is 14.3 Å². The van der Waals surface area contributed by atoms with Crippen molar-refractivity contribution in [1.29, 1.82) is 0 Å². The molecule has 0 fully saturated rings. The van der Waals surface area contributed by atoms with Crippen molar-refractivity contribution in [3.05, 3.63) is 42.0 Å². The number of nitrogens with zero attached hydrogens (tertiary/aromatic N) is 1. The second-order valence-electron chi connectivity index (χ2n) is 4.77. The third-order valence-electron chi connectivity index (χ3n) is 3.29.